The molecular formula is C26H30N6O2. The second-order valence-electron chi connectivity index (χ2n) is 8.84. The van der Waals surface area contributed by atoms with Crippen molar-refractivity contribution in [2.45, 2.75) is 32.2 Å². The molecule has 8 nitrogen and oxygen atoms in total. The zero-order valence-corrected chi connectivity index (χ0v) is 19.8. The maximum absolute atomic E-state index is 12.3. The van der Waals surface area contributed by atoms with Crippen molar-refractivity contribution < 1.29 is 9.53 Å². The Kier molecular flexibility index (Phi) is 6.06. The molecule has 8 heteroatoms. The third-order valence-electron chi connectivity index (χ3n) is 6.79. The van der Waals surface area contributed by atoms with Crippen molar-refractivity contribution >= 4 is 16.9 Å². The van der Waals surface area contributed by atoms with Crippen molar-refractivity contribution in [1.29, 1.82) is 0 Å². The minimum absolute atomic E-state index is 0.131. The lowest BCUT2D eigenvalue weighted by Gasteiger charge is -2.22. The van der Waals surface area contributed by atoms with Gasteiger partial charge in [-0.05, 0) is 67.7 Å². The van der Waals surface area contributed by atoms with Gasteiger partial charge in [0.1, 0.15) is 11.4 Å². The molecular weight excluding hydrogens is 428 g/mol. The zero-order valence-electron chi connectivity index (χ0n) is 19.8. The number of benzene rings is 1. The molecule has 1 aliphatic heterocycles. The Bertz CT molecular complexity index is 1330. The molecule has 1 fully saturated rings. The summed E-state index contributed by atoms with van der Waals surface area (Å²) in [6.07, 6.45) is 10.8. The van der Waals surface area contributed by atoms with Crippen LogP contribution in [-0.2, 0) is 6.42 Å². The highest BCUT2D eigenvalue weighted by atomic mass is 16.5. The van der Waals surface area contributed by atoms with Crippen LogP contribution in [0.5, 0.6) is 5.75 Å². The number of carbonyl (C=O) groups excluding carboxylic acids is 1. The standard InChI is InChI=1S/C26H30N6O2/c1-16-17(8-18(26(33)27-2)11-24(16)34-3)9-20-13-30-25-23(20)10-19(12-29-25)21-14-31-32(15-21)22-4-6-28-7-5-22/h8,10-15,22,28H,4-7,9H2,1-3H3,(H,27,33)(H,29,30). The number of aromatic amines is 1. The number of pyridine rings is 1. The largest absolute Gasteiger partial charge is 0.496 e. The number of ether oxygens (including phenoxy) is 1. The molecule has 0 spiro atoms. The molecule has 4 aromatic rings. The normalized spacial score (nSPS) is 14.4. The number of hydrogen-bond acceptors (Lipinski definition) is 5. The third kappa shape index (κ3) is 4.17. The summed E-state index contributed by atoms with van der Waals surface area (Å²) in [6, 6.07) is 6.34. The third-order valence-corrected chi connectivity index (χ3v) is 6.79. The molecule has 3 aromatic heterocycles. The molecule has 1 aliphatic rings. The van der Waals surface area contributed by atoms with E-state index in [0.717, 1.165) is 64.8 Å². The Labute approximate surface area is 198 Å². The van der Waals surface area contributed by atoms with Crippen LogP contribution >= 0.6 is 0 Å². The predicted molar refractivity (Wildman–Crippen MR) is 132 cm³/mol. The Morgan fingerprint density at radius 1 is 1.18 bits per heavy atom. The van der Waals surface area contributed by atoms with Gasteiger partial charge in [0, 0.05) is 54.1 Å². The summed E-state index contributed by atoms with van der Waals surface area (Å²) in [5.74, 6) is 0.577. The SMILES string of the molecule is CNC(=O)c1cc(Cc2c[nH]c3ncc(-c4cnn(C5CCNCC5)c4)cc23)c(C)c(OC)c1. The Balaban J connectivity index is 1.48. The summed E-state index contributed by atoms with van der Waals surface area (Å²) < 4.78 is 7.64. The lowest BCUT2D eigenvalue weighted by molar-refractivity contribution is 0.0962. The summed E-state index contributed by atoms with van der Waals surface area (Å²) in [4.78, 5) is 20.2. The highest BCUT2D eigenvalue weighted by Crippen LogP contribution is 2.30. The quantitative estimate of drug-likeness (QED) is 0.410. The van der Waals surface area contributed by atoms with Crippen molar-refractivity contribution in [2.24, 2.45) is 0 Å². The van der Waals surface area contributed by atoms with Crippen molar-refractivity contribution in [3.05, 3.63) is 65.2 Å². The topological polar surface area (TPSA) is 96.9 Å². The Hall–Kier alpha value is -3.65. The second kappa shape index (κ2) is 9.30. The Morgan fingerprint density at radius 3 is 2.76 bits per heavy atom. The number of carbonyl (C=O) groups is 1. The highest BCUT2D eigenvalue weighted by molar-refractivity contribution is 5.95. The van der Waals surface area contributed by atoms with Gasteiger partial charge in [0.15, 0.2) is 0 Å². The van der Waals surface area contributed by atoms with Gasteiger partial charge in [-0.25, -0.2) is 4.98 Å². The van der Waals surface area contributed by atoms with E-state index in [2.05, 4.69) is 42.6 Å². The van der Waals surface area contributed by atoms with Gasteiger partial charge in [-0.15, -0.1) is 0 Å². The number of H-pyrrole nitrogens is 1. The van der Waals surface area contributed by atoms with Crippen LogP contribution in [0.15, 0.2) is 43.0 Å². The summed E-state index contributed by atoms with van der Waals surface area (Å²) in [7, 11) is 3.26. The molecule has 5 rings (SSSR count). The van der Waals surface area contributed by atoms with Crippen LogP contribution in [-0.4, -0.2) is 52.9 Å². The van der Waals surface area contributed by atoms with Gasteiger partial charge in [-0.1, -0.05) is 0 Å². The van der Waals surface area contributed by atoms with Crippen molar-refractivity contribution in [3.63, 3.8) is 0 Å². The minimum atomic E-state index is -0.131. The highest BCUT2D eigenvalue weighted by Gasteiger charge is 2.18. The number of nitrogens with one attached hydrogen (secondary N) is 3. The molecule has 0 bridgehead atoms. The lowest BCUT2D eigenvalue weighted by Crippen LogP contribution is -2.29. The van der Waals surface area contributed by atoms with E-state index in [-0.39, 0.29) is 5.91 Å². The van der Waals surface area contributed by atoms with Gasteiger partial charge in [0.2, 0.25) is 0 Å². The minimum Gasteiger partial charge on any atom is -0.496 e. The first-order chi connectivity index (χ1) is 16.6. The fraction of sp³-hybridized carbons (Fsp3) is 0.346. The van der Waals surface area contributed by atoms with E-state index in [9.17, 15) is 4.79 Å². The zero-order chi connectivity index (χ0) is 23.7. The van der Waals surface area contributed by atoms with Gasteiger partial charge >= 0.3 is 0 Å². The summed E-state index contributed by atoms with van der Waals surface area (Å²) >= 11 is 0. The smallest absolute Gasteiger partial charge is 0.251 e. The van der Waals surface area contributed by atoms with E-state index in [1.165, 1.54) is 0 Å². The molecule has 0 unspecified atom stereocenters. The first-order valence-electron chi connectivity index (χ1n) is 11.7. The lowest BCUT2D eigenvalue weighted by atomic mass is 9.96. The molecule has 3 N–H and O–H groups in total. The van der Waals surface area contributed by atoms with Crippen LogP contribution < -0.4 is 15.4 Å². The van der Waals surface area contributed by atoms with E-state index in [1.54, 1.807) is 20.2 Å². The molecule has 34 heavy (non-hydrogen) atoms. The number of methoxy groups -OCH3 is 1. The van der Waals surface area contributed by atoms with Crippen molar-refractivity contribution in [2.75, 3.05) is 27.2 Å². The second-order valence-corrected chi connectivity index (χ2v) is 8.84. The van der Waals surface area contributed by atoms with Gasteiger partial charge < -0.3 is 20.4 Å². The molecule has 4 heterocycles. The molecule has 0 radical (unpaired) electrons. The molecule has 1 aromatic carbocycles. The number of aromatic nitrogens is 4. The van der Waals surface area contributed by atoms with E-state index in [1.807, 2.05) is 31.6 Å². The number of fused-ring (bicyclic) bond motifs is 1. The van der Waals surface area contributed by atoms with Gasteiger partial charge in [-0.3, -0.25) is 9.48 Å². The fourth-order valence-corrected chi connectivity index (χ4v) is 4.74. The number of hydrogen-bond donors (Lipinski definition) is 3. The summed E-state index contributed by atoms with van der Waals surface area (Å²) in [5.41, 5.74) is 6.73. The van der Waals surface area contributed by atoms with Crippen LogP contribution in [0, 0.1) is 6.92 Å². The average Bonchev–Trinajstić information content (AvgIpc) is 3.53. The maximum atomic E-state index is 12.3. The molecule has 0 aliphatic carbocycles. The Morgan fingerprint density at radius 2 is 2.00 bits per heavy atom. The number of amides is 1. The van der Waals surface area contributed by atoms with E-state index < -0.39 is 0 Å². The molecule has 1 saturated heterocycles. The van der Waals surface area contributed by atoms with Crippen LogP contribution in [0.25, 0.3) is 22.2 Å². The summed E-state index contributed by atoms with van der Waals surface area (Å²) in [5, 5.41) is 11.8. The van der Waals surface area contributed by atoms with Crippen LogP contribution in [0.1, 0.15) is 45.9 Å². The number of nitrogens with zero attached hydrogens (tertiary/aromatic N) is 3. The van der Waals surface area contributed by atoms with Gasteiger partial charge in [-0.2, -0.15) is 5.10 Å². The van der Waals surface area contributed by atoms with E-state index in [0.29, 0.717) is 23.8 Å². The number of piperidine rings is 1. The van der Waals surface area contributed by atoms with Crippen LogP contribution in [0.4, 0.5) is 0 Å². The van der Waals surface area contributed by atoms with Crippen LogP contribution in [0.2, 0.25) is 0 Å². The average molecular weight is 459 g/mol. The first-order valence-corrected chi connectivity index (χ1v) is 11.7. The van der Waals surface area contributed by atoms with Crippen molar-refractivity contribution in [3.8, 4) is 16.9 Å². The van der Waals surface area contributed by atoms with E-state index >= 15 is 0 Å². The fourth-order valence-electron chi connectivity index (χ4n) is 4.74. The van der Waals surface area contributed by atoms with Crippen molar-refractivity contribution in [1.82, 2.24) is 30.4 Å². The molecule has 1 amide bonds. The molecule has 0 saturated carbocycles. The summed E-state index contributed by atoms with van der Waals surface area (Å²) in [6.45, 7) is 4.09. The van der Waals surface area contributed by atoms with Crippen LogP contribution in [0.3, 0.4) is 0 Å². The van der Waals surface area contributed by atoms with E-state index in [4.69, 9.17) is 4.74 Å². The maximum Gasteiger partial charge on any atom is 0.251 e. The molecule has 0 atom stereocenters. The van der Waals surface area contributed by atoms with Gasteiger partial charge in [0.25, 0.3) is 5.91 Å². The first kappa shape index (κ1) is 22.2. The van der Waals surface area contributed by atoms with Gasteiger partial charge in [0.05, 0.1) is 19.3 Å². The monoisotopic (exact) mass is 458 g/mol. The predicted octanol–water partition coefficient (Wildman–Crippen LogP) is 3.62. The number of rotatable bonds is 6. The molecule has 176 valence electrons.